The molecule has 0 unspecified atom stereocenters. The van der Waals surface area contributed by atoms with E-state index in [1.54, 1.807) is 0 Å². The molecule has 110 valence electrons. The van der Waals surface area contributed by atoms with Gasteiger partial charge in [0.25, 0.3) is 0 Å². The third-order valence-corrected chi connectivity index (χ3v) is 5.00. The fraction of sp³-hybridized carbons (Fsp3) is 0.333. The molecule has 0 amide bonds. The summed E-state index contributed by atoms with van der Waals surface area (Å²) in [6, 6.07) is 13.2. The first-order valence-electron chi connectivity index (χ1n) is 7.35. The Morgan fingerprint density at radius 2 is 1.71 bits per heavy atom. The molecule has 2 aromatic carbocycles. The van der Waals surface area contributed by atoms with Crippen LogP contribution in [0.1, 0.15) is 35.4 Å². The monoisotopic (exact) mass is 345 g/mol. The fourth-order valence-corrected chi connectivity index (χ4v) is 3.22. The number of hydrogen-bond donors (Lipinski definition) is 2. The third kappa shape index (κ3) is 2.93. The molecule has 2 N–H and O–H groups in total. The Balaban J connectivity index is 1.62. The SMILES string of the molecule is Cc1ccc(NC2CC(c3ccc(Br)cc3)C2)c(C)c1O. The van der Waals surface area contributed by atoms with Crippen molar-refractivity contribution in [3.05, 3.63) is 57.6 Å². The minimum Gasteiger partial charge on any atom is -0.507 e. The number of aryl methyl sites for hydroxylation is 1. The molecular formula is C18H20BrNO. The van der Waals surface area contributed by atoms with E-state index in [2.05, 4.69) is 51.6 Å². The first-order chi connectivity index (χ1) is 10.0. The molecule has 0 atom stereocenters. The van der Waals surface area contributed by atoms with Gasteiger partial charge in [-0.25, -0.2) is 0 Å². The van der Waals surface area contributed by atoms with Crippen LogP contribution in [-0.4, -0.2) is 11.1 Å². The zero-order valence-electron chi connectivity index (χ0n) is 12.4. The second-order valence-corrected chi connectivity index (χ2v) is 6.88. The molecule has 1 aliphatic carbocycles. The maximum Gasteiger partial charge on any atom is 0.123 e. The van der Waals surface area contributed by atoms with Crippen LogP contribution in [0.3, 0.4) is 0 Å². The van der Waals surface area contributed by atoms with Gasteiger partial charge in [-0.15, -0.1) is 0 Å². The number of aromatic hydroxyl groups is 1. The van der Waals surface area contributed by atoms with Gasteiger partial charge >= 0.3 is 0 Å². The van der Waals surface area contributed by atoms with E-state index in [9.17, 15) is 5.11 Å². The molecule has 1 aliphatic rings. The van der Waals surface area contributed by atoms with Crippen LogP contribution >= 0.6 is 15.9 Å². The van der Waals surface area contributed by atoms with Gasteiger partial charge in [0.05, 0.1) is 0 Å². The van der Waals surface area contributed by atoms with Crippen molar-refractivity contribution >= 4 is 21.6 Å². The van der Waals surface area contributed by atoms with Gasteiger partial charge in [-0.2, -0.15) is 0 Å². The third-order valence-electron chi connectivity index (χ3n) is 4.47. The number of halogens is 1. The molecule has 21 heavy (non-hydrogen) atoms. The van der Waals surface area contributed by atoms with Crippen molar-refractivity contribution in [2.45, 2.75) is 38.6 Å². The highest BCUT2D eigenvalue weighted by Crippen LogP contribution is 2.40. The second-order valence-electron chi connectivity index (χ2n) is 5.96. The smallest absolute Gasteiger partial charge is 0.123 e. The number of nitrogens with one attached hydrogen (secondary N) is 1. The van der Waals surface area contributed by atoms with Crippen LogP contribution in [0, 0.1) is 13.8 Å². The van der Waals surface area contributed by atoms with Crippen LogP contribution in [0.15, 0.2) is 40.9 Å². The van der Waals surface area contributed by atoms with E-state index in [1.807, 2.05) is 19.9 Å². The van der Waals surface area contributed by atoms with Gasteiger partial charge in [0.1, 0.15) is 5.75 Å². The first-order valence-corrected chi connectivity index (χ1v) is 8.15. The van der Waals surface area contributed by atoms with E-state index in [1.165, 1.54) is 5.56 Å². The zero-order valence-corrected chi connectivity index (χ0v) is 13.9. The van der Waals surface area contributed by atoms with E-state index in [0.29, 0.717) is 17.7 Å². The lowest BCUT2D eigenvalue weighted by Crippen LogP contribution is -2.34. The number of anilines is 1. The van der Waals surface area contributed by atoms with Crippen molar-refractivity contribution in [1.82, 2.24) is 0 Å². The summed E-state index contributed by atoms with van der Waals surface area (Å²) in [6.07, 6.45) is 2.30. The molecule has 0 saturated heterocycles. The largest absolute Gasteiger partial charge is 0.507 e. The maximum atomic E-state index is 10.0. The van der Waals surface area contributed by atoms with Crippen LogP contribution < -0.4 is 5.32 Å². The Kier molecular flexibility index (Phi) is 3.94. The van der Waals surface area contributed by atoms with E-state index in [-0.39, 0.29) is 0 Å². The summed E-state index contributed by atoms with van der Waals surface area (Å²) in [6.45, 7) is 3.90. The summed E-state index contributed by atoms with van der Waals surface area (Å²) < 4.78 is 1.13. The van der Waals surface area contributed by atoms with Gasteiger partial charge in [-0.05, 0) is 61.9 Å². The molecule has 0 radical (unpaired) electrons. The van der Waals surface area contributed by atoms with Crippen LogP contribution in [0.2, 0.25) is 0 Å². The van der Waals surface area contributed by atoms with Gasteiger partial charge in [-0.1, -0.05) is 34.1 Å². The van der Waals surface area contributed by atoms with Gasteiger partial charge < -0.3 is 10.4 Å². The quantitative estimate of drug-likeness (QED) is 0.808. The Morgan fingerprint density at radius 3 is 2.38 bits per heavy atom. The van der Waals surface area contributed by atoms with Crippen molar-refractivity contribution in [2.75, 3.05) is 5.32 Å². The summed E-state index contributed by atoms with van der Waals surface area (Å²) in [4.78, 5) is 0. The molecule has 2 nitrogen and oxygen atoms in total. The summed E-state index contributed by atoms with van der Waals surface area (Å²) in [5, 5.41) is 13.6. The number of rotatable bonds is 3. The highest BCUT2D eigenvalue weighted by molar-refractivity contribution is 9.10. The molecule has 1 saturated carbocycles. The maximum absolute atomic E-state index is 10.0. The van der Waals surface area contributed by atoms with Crippen molar-refractivity contribution < 1.29 is 5.11 Å². The molecule has 0 heterocycles. The second kappa shape index (κ2) is 5.72. The van der Waals surface area contributed by atoms with Crippen LogP contribution in [-0.2, 0) is 0 Å². The topological polar surface area (TPSA) is 32.3 Å². The van der Waals surface area contributed by atoms with E-state index in [0.717, 1.165) is 34.1 Å². The Hall–Kier alpha value is -1.48. The van der Waals surface area contributed by atoms with Crippen molar-refractivity contribution in [1.29, 1.82) is 0 Å². The molecule has 0 aromatic heterocycles. The minimum atomic E-state index is 0.406. The van der Waals surface area contributed by atoms with E-state index >= 15 is 0 Å². The molecule has 3 heteroatoms. The van der Waals surface area contributed by atoms with Gasteiger partial charge in [0.15, 0.2) is 0 Å². The van der Waals surface area contributed by atoms with Gasteiger partial charge in [-0.3, -0.25) is 0 Å². The van der Waals surface area contributed by atoms with E-state index < -0.39 is 0 Å². The Morgan fingerprint density at radius 1 is 1.05 bits per heavy atom. The predicted octanol–water partition coefficient (Wildman–Crippen LogP) is 5.13. The molecule has 3 rings (SSSR count). The number of phenols is 1. The average Bonchev–Trinajstić information content (AvgIpc) is 2.43. The number of hydrogen-bond acceptors (Lipinski definition) is 2. The summed E-state index contributed by atoms with van der Waals surface area (Å²) >= 11 is 3.48. The number of phenolic OH excluding ortho intramolecular Hbond substituents is 1. The highest BCUT2D eigenvalue weighted by Gasteiger charge is 2.30. The molecule has 0 aliphatic heterocycles. The lowest BCUT2D eigenvalue weighted by Gasteiger charge is -2.37. The molecule has 0 bridgehead atoms. The van der Waals surface area contributed by atoms with Crippen molar-refractivity contribution in [3.8, 4) is 5.75 Å². The van der Waals surface area contributed by atoms with Crippen LogP contribution in [0.4, 0.5) is 5.69 Å². The summed E-state index contributed by atoms with van der Waals surface area (Å²) in [5.74, 6) is 1.05. The highest BCUT2D eigenvalue weighted by atomic mass is 79.9. The first kappa shape index (κ1) is 14.5. The Bertz CT molecular complexity index is 645. The fourth-order valence-electron chi connectivity index (χ4n) is 2.95. The number of benzene rings is 2. The summed E-state index contributed by atoms with van der Waals surface area (Å²) in [7, 11) is 0. The predicted molar refractivity (Wildman–Crippen MR) is 91.1 cm³/mol. The summed E-state index contributed by atoms with van der Waals surface area (Å²) in [5.41, 5.74) is 4.35. The lowest BCUT2D eigenvalue weighted by atomic mass is 9.76. The molecule has 2 aromatic rings. The molecular weight excluding hydrogens is 326 g/mol. The zero-order chi connectivity index (χ0) is 15.0. The molecule has 0 spiro atoms. The van der Waals surface area contributed by atoms with Crippen LogP contribution in [0.25, 0.3) is 0 Å². The standard InChI is InChI=1S/C18H20BrNO/c1-11-3-8-17(12(2)18(11)21)20-16-9-14(10-16)13-4-6-15(19)7-5-13/h3-8,14,16,20-21H,9-10H2,1-2H3. The normalized spacial score (nSPS) is 20.9. The van der Waals surface area contributed by atoms with Crippen molar-refractivity contribution in [2.24, 2.45) is 0 Å². The Labute approximate surface area is 134 Å². The average molecular weight is 346 g/mol. The van der Waals surface area contributed by atoms with E-state index in [4.69, 9.17) is 0 Å². The van der Waals surface area contributed by atoms with Crippen molar-refractivity contribution in [3.63, 3.8) is 0 Å². The van der Waals surface area contributed by atoms with Gasteiger partial charge in [0.2, 0.25) is 0 Å². The van der Waals surface area contributed by atoms with Crippen LogP contribution in [0.5, 0.6) is 5.75 Å². The van der Waals surface area contributed by atoms with Gasteiger partial charge in [0, 0.05) is 21.8 Å². The minimum absolute atomic E-state index is 0.406. The lowest BCUT2D eigenvalue weighted by molar-refractivity contribution is 0.374. The molecule has 1 fully saturated rings.